The molecular weight excluding hydrogens is 329 g/mol. The highest BCUT2D eigenvalue weighted by Gasteiger charge is 2.32. The second-order valence-electron chi connectivity index (χ2n) is 6.72. The molecule has 0 spiro atoms. The summed E-state index contributed by atoms with van der Waals surface area (Å²) in [5.41, 5.74) is 2.15. The third kappa shape index (κ3) is 4.23. The number of aryl methyl sites for hydroxylation is 1. The summed E-state index contributed by atoms with van der Waals surface area (Å²) in [5.74, 6) is -0.257. The van der Waals surface area contributed by atoms with Crippen LogP contribution in [0.1, 0.15) is 31.4 Å². The van der Waals surface area contributed by atoms with Crippen LogP contribution in [0.25, 0.3) is 5.57 Å². The summed E-state index contributed by atoms with van der Waals surface area (Å²) in [6.07, 6.45) is 2.02. The van der Waals surface area contributed by atoms with E-state index in [1.54, 1.807) is 32.2 Å². The van der Waals surface area contributed by atoms with Crippen molar-refractivity contribution in [3.05, 3.63) is 41.2 Å². The SMILES string of the molecule is Cc1cc(/C(=C/C(=O)N(C)C2CCS(=O)(=O)C2)C(C)C)ccc1F. The molecule has 0 aliphatic carbocycles. The van der Waals surface area contributed by atoms with E-state index in [2.05, 4.69) is 0 Å². The Morgan fingerprint density at radius 2 is 2.04 bits per heavy atom. The maximum Gasteiger partial charge on any atom is 0.246 e. The van der Waals surface area contributed by atoms with Gasteiger partial charge in [-0.2, -0.15) is 0 Å². The van der Waals surface area contributed by atoms with Crippen molar-refractivity contribution >= 4 is 21.3 Å². The van der Waals surface area contributed by atoms with E-state index in [0.29, 0.717) is 12.0 Å². The minimum Gasteiger partial charge on any atom is -0.338 e. The maximum atomic E-state index is 13.5. The van der Waals surface area contributed by atoms with Crippen molar-refractivity contribution in [2.75, 3.05) is 18.6 Å². The topological polar surface area (TPSA) is 54.5 Å². The second kappa shape index (κ2) is 7.05. The van der Waals surface area contributed by atoms with Crippen molar-refractivity contribution in [1.82, 2.24) is 4.90 Å². The normalized spacial score (nSPS) is 20.4. The zero-order chi connectivity index (χ0) is 18.1. The minimum atomic E-state index is -3.04. The third-order valence-corrected chi connectivity index (χ3v) is 6.25. The molecule has 4 nitrogen and oxygen atoms in total. The van der Waals surface area contributed by atoms with Gasteiger partial charge in [0.25, 0.3) is 0 Å². The van der Waals surface area contributed by atoms with Gasteiger partial charge < -0.3 is 4.90 Å². The van der Waals surface area contributed by atoms with Gasteiger partial charge >= 0.3 is 0 Å². The molecule has 24 heavy (non-hydrogen) atoms. The fraction of sp³-hybridized carbons (Fsp3) is 0.500. The molecule has 1 aliphatic heterocycles. The van der Waals surface area contributed by atoms with E-state index < -0.39 is 9.84 Å². The van der Waals surface area contributed by atoms with Gasteiger partial charge in [0.15, 0.2) is 9.84 Å². The van der Waals surface area contributed by atoms with E-state index in [-0.39, 0.29) is 35.2 Å². The summed E-state index contributed by atoms with van der Waals surface area (Å²) < 4.78 is 36.7. The van der Waals surface area contributed by atoms with Crippen LogP contribution in [-0.2, 0) is 14.6 Å². The van der Waals surface area contributed by atoms with Gasteiger partial charge in [-0.3, -0.25) is 4.79 Å². The summed E-state index contributed by atoms with van der Waals surface area (Å²) >= 11 is 0. The van der Waals surface area contributed by atoms with Crippen LogP contribution in [-0.4, -0.2) is 43.8 Å². The molecule has 1 aromatic rings. The number of halogens is 1. The molecule has 1 atom stereocenters. The molecule has 1 aliphatic rings. The Hall–Kier alpha value is -1.69. The highest BCUT2D eigenvalue weighted by molar-refractivity contribution is 7.91. The summed E-state index contributed by atoms with van der Waals surface area (Å²) in [6.45, 7) is 5.63. The van der Waals surface area contributed by atoms with E-state index in [1.807, 2.05) is 13.8 Å². The van der Waals surface area contributed by atoms with Gasteiger partial charge in [0.2, 0.25) is 5.91 Å². The first-order chi connectivity index (χ1) is 11.1. The minimum absolute atomic E-state index is 0.0236. The number of carbonyl (C=O) groups is 1. The van der Waals surface area contributed by atoms with Crippen LogP contribution in [0.4, 0.5) is 4.39 Å². The van der Waals surface area contributed by atoms with Crippen LogP contribution in [0.15, 0.2) is 24.3 Å². The number of hydrogen-bond acceptors (Lipinski definition) is 3. The second-order valence-corrected chi connectivity index (χ2v) is 8.95. The Kier molecular flexibility index (Phi) is 5.48. The van der Waals surface area contributed by atoms with E-state index in [4.69, 9.17) is 0 Å². The number of benzene rings is 1. The fourth-order valence-electron chi connectivity index (χ4n) is 2.90. The van der Waals surface area contributed by atoms with E-state index >= 15 is 0 Å². The molecule has 1 amide bonds. The Bertz CT molecular complexity index is 768. The summed E-state index contributed by atoms with van der Waals surface area (Å²) in [4.78, 5) is 14.1. The first-order valence-electron chi connectivity index (χ1n) is 8.06. The molecule has 2 rings (SSSR count). The predicted octanol–water partition coefficient (Wildman–Crippen LogP) is 2.82. The molecule has 1 heterocycles. The molecule has 1 unspecified atom stereocenters. The van der Waals surface area contributed by atoms with E-state index in [0.717, 1.165) is 11.1 Å². The molecule has 0 aromatic heterocycles. The van der Waals surface area contributed by atoms with E-state index in [9.17, 15) is 17.6 Å². The Morgan fingerprint density at radius 3 is 2.54 bits per heavy atom. The van der Waals surface area contributed by atoms with Gasteiger partial charge in [-0.25, -0.2) is 12.8 Å². The van der Waals surface area contributed by atoms with Crippen molar-refractivity contribution in [2.45, 2.75) is 33.2 Å². The molecule has 1 fully saturated rings. The number of rotatable bonds is 4. The molecule has 0 radical (unpaired) electrons. The lowest BCUT2D eigenvalue weighted by atomic mass is 9.93. The highest BCUT2D eigenvalue weighted by Crippen LogP contribution is 2.26. The lowest BCUT2D eigenvalue weighted by Gasteiger charge is -2.23. The zero-order valence-electron chi connectivity index (χ0n) is 14.5. The molecule has 0 bridgehead atoms. The lowest BCUT2D eigenvalue weighted by molar-refractivity contribution is -0.126. The largest absolute Gasteiger partial charge is 0.338 e. The van der Waals surface area contributed by atoms with Crippen molar-refractivity contribution in [3.63, 3.8) is 0 Å². The van der Waals surface area contributed by atoms with Crippen LogP contribution in [0.3, 0.4) is 0 Å². The number of likely N-dealkylation sites (N-methyl/N-ethyl adjacent to an activating group) is 1. The molecule has 0 saturated carbocycles. The van der Waals surface area contributed by atoms with Crippen LogP contribution < -0.4 is 0 Å². The molecule has 6 heteroatoms. The lowest BCUT2D eigenvalue weighted by Crippen LogP contribution is -2.37. The average Bonchev–Trinajstić information content (AvgIpc) is 2.86. The van der Waals surface area contributed by atoms with Gasteiger partial charge in [-0.15, -0.1) is 0 Å². The molecular formula is C18H24FNO3S. The van der Waals surface area contributed by atoms with Gasteiger partial charge in [-0.05, 0) is 48.1 Å². The van der Waals surface area contributed by atoms with Crippen LogP contribution >= 0.6 is 0 Å². The smallest absolute Gasteiger partial charge is 0.246 e. The summed E-state index contributed by atoms with van der Waals surface area (Å²) in [6, 6.07) is 4.52. The van der Waals surface area contributed by atoms with Gasteiger partial charge in [-0.1, -0.05) is 19.9 Å². The predicted molar refractivity (Wildman–Crippen MR) is 93.8 cm³/mol. The third-order valence-electron chi connectivity index (χ3n) is 4.50. The summed E-state index contributed by atoms with van der Waals surface area (Å²) in [5, 5.41) is 0. The number of sulfone groups is 1. The Morgan fingerprint density at radius 1 is 1.38 bits per heavy atom. The number of hydrogen-bond donors (Lipinski definition) is 0. The molecule has 0 N–H and O–H groups in total. The number of allylic oxidation sites excluding steroid dienone is 1. The zero-order valence-corrected chi connectivity index (χ0v) is 15.4. The van der Waals surface area contributed by atoms with Gasteiger partial charge in [0, 0.05) is 19.2 Å². The van der Waals surface area contributed by atoms with Crippen LogP contribution in [0.2, 0.25) is 0 Å². The van der Waals surface area contributed by atoms with Gasteiger partial charge in [0.1, 0.15) is 5.82 Å². The standard InChI is InChI=1S/C18H24FNO3S/c1-12(2)16(14-5-6-17(19)13(3)9-14)10-18(21)20(4)15-7-8-24(22,23)11-15/h5-6,9-10,12,15H,7-8,11H2,1-4H3/b16-10+. The Labute approximate surface area is 143 Å². The first-order valence-corrected chi connectivity index (χ1v) is 9.88. The monoisotopic (exact) mass is 353 g/mol. The maximum absolute atomic E-state index is 13.5. The van der Waals surface area contributed by atoms with Crippen LogP contribution in [0.5, 0.6) is 0 Å². The fourth-order valence-corrected chi connectivity index (χ4v) is 4.68. The molecule has 1 aromatic carbocycles. The van der Waals surface area contributed by atoms with Crippen molar-refractivity contribution in [3.8, 4) is 0 Å². The van der Waals surface area contributed by atoms with Crippen molar-refractivity contribution < 1.29 is 17.6 Å². The first kappa shape index (κ1) is 18.6. The molecule has 1 saturated heterocycles. The number of carbonyl (C=O) groups excluding carboxylic acids is 1. The molecule has 132 valence electrons. The highest BCUT2D eigenvalue weighted by atomic mass is 32.2. The van der Waals surface area contributed by atoms with E-state index in [1.165, 1.54) is 11.0 Å². The van der Waals surface area contributed by atoms with Gasteiger partial charge in [0.05, 0.1) is 11.5 Å². The van der Waals surface area contributed by atoms with Crippen molar-refractivity contribution in [1.29, 1.82) is 0 Å². The average molecular weight is 353 g/mol. The summed E-state index contributed by atoms with van der Waals surface area (Å²) in [7, 11) is -1.40. The quantitative estimate of drug-likeness (QED) is 0.782. The number of amides is 1. The Balaban J connectivity index is 2.26. The number of nitrogens with zero attached hydrogens (tertiary/aromatic N) is 1. The van der Waals surface area contributed by atoms with Crippen molar-refractivity contribution in [2.24, 2.45) is 5.92 Å². The van der Waals surface area contributed by atoms with Crippen LogP contribution in [0, 0.1) is 18.7 Å².